The summed E-state index contributed by atoms with van der Waals surface area (Å²) in [7, 11) is 0. The van der Waals surface area contributed by atoms with Crippen molar-refractivity contribution >= 4 is 17.2 Å². The highest BCUT2D eigenvalue weighted by Crippen LogP contribution is 2.33. The molecule has 6 heterocycles. The van der Waals surface area contributed by atoms with Gasteiger partial charge in [-0.05, 0) is 38.0 Å². The van der Waals surface area contributed by atoms with Crippen LogP contribution in [0, 0.1) is 11.3 Å². The number of nitriles is 1. The van der Waals surface area contributed by atoms with Crippen LogP contribution in [0.25, 0.3) is 27.8 Å². The van der Waals surface area contributed by atoms with Crippen LogP contribution in [0.3, 0.4) is 0 Å². The minimum Gasteiger partial charge on any atom is -0.366 e. The number of likely N-dealkylation sites (tertiary alicyclic amines) is 1. The van der Waals surface area contributed by atoms with E-state index >= 15 is 0 Å². The summed E-state index contributed by atoms with van der Waals surface area (Å²) in [5.74, 6) is 0.992. The molecule has 0 radical (unpaired) electrons. The van der Waals surface area contributed by atoms with Gasteiger partial charge in [-0.1, -0.05) is 0 Å². The van der Waals surface area contributed by atoms with Crippen LogP contribution in [0.5, 0.6) is 0 Å². The molecule has 2 aliphatic rings. The number of nitrogens with zero attached hydrogens (tertiary/aromatic N) is 9. The lowest BCUT2D eigenvalue weighted by atomic mass is 10.0. The average Bonchev–Trinajstić information content (AvgIpc) is 3.68. The number of aromatic nitrogens is 5. The first-order chi connectivity index (χ1) is 20.0. The first-order valence-electron chi connectivity index (χ1n) is 14.3. The first-order valence-corrected chi connectivity index (χ1v) is 14.3. The molecule has 41 heavy (non-hydrogen) atoms. The SMILES string of the molecule is CCOCN1CCC(n2cc(-c3cc(-c4ccc(N5CCN(C(C)=O)CC5)nc4)c4c(C#N)cnn4c3)cn2)CC1. The van der Waals surface area contributed by atoms with Crippen molar-refractivity contribution < 1.29 is 9.53 Å². The van der Waals surface area contributed by atoms with Crippen LogP contribution in [0.2, 0.25) is 0 Å². The third-order valence-electron chi connectivity index (χ3n) is 8.18. The molecule has 0 bridgehead atoms. The van der Waals surface area contributed by atoms with Crippen molar-refractivity contribution in [3.05, 3.63) is 54.7 Å². The van der Waals surface area contributed by atoms with Crippen molar-refractivity contribution in [2.45, 2.75) is 32.7 Å². The molecule has 0 aromatic carbocycles. The molecule has 6 rings (SSSR count). The number of pyridine rings is 2. The Morgan fingerprint density at radius 1 is 1.00 bits per heavy atom. The van der Waals surface area contributed by atoms with E-state index in [0.717, 1.165) is 79.2 Å². The second-order valence-electron chi connectivity index (χ2n) is 10.7. The zero-order chi connectivity index (χ0) is 28.3. The number of fused-ring (bicyclic) bond motifs is 1. The summed E-state index contributed by atoms with van der Waals surface area (Å²) in [4.78, 5) is 22.9. The fourth-order valence-electron chi connectivity index (χ4n) is 5.78. The summed E-state index contributed by atoms with van der Waals surface area (Å²) in [6.45, 7) is 9.96. The summed E-state index contributed by atoms with van der Waals surface area (Å²) in [5.41, 5.74) is 5.07. The van der Waals surface area contributed by atoms with Gasteiger partial charge in [-0.15, -0.1) is 0 Å². The minimum atomic E-state index is 0.111. The van der Waals surface area contributed by atoms with Gasteiger partial charge in [0.1, 0.15) is 11.9 Å². The molecule has 2 aliphatic heterocycles. The van der Waals surface area contributed by atoms with Gasteiger partial charge in [-0.2, -0.15) is 15.5 Å². The zero-order valence-corrected chi connectivity index (χ0v) is 23.6. The summed E-state index contributed by atoms with van der Waals surface area (Å²) in [6, 6.07) is 8.81. The predicted molar refractivity (Wildman–Crippen MR) is 155 cm³/mol. The second-order valence-corrected chi connectivity index (χ2v) is 10.7. The molecule has 1 amide bonds. The molecule has 0 saturated carbocycles. The second kappa shape index (κ2) is 11.7. The summed E-state index contributed by atoms with van der Waals surface area (Å²) in [5, 5.41) is 19.0. The normalized spacial score (nSPS) is 16.8. The lowest BCUT2D eigenvalue weighted by molar-refractivity contribution is -0.129. The Balaban J connectivity index is 1.25. The number of piperazine rings is 1. The van der Waals surface area contributed by atoms with Gasteiger partial charge in [0.15, 0.2) is 0 Å². The standard InChI is InChI=1S/C30H35N9O2/c1-3-41-21-35-8-6-27(7-9-35)38-20-26(18-33-38)24-14-28(30-25(15-31)17-34-39(30)19-24)23-4-5-29(32-16-23)37-12-10-36(11-13-37)22(2)40/h4-5,14,16-20,27H,3,6-13,21H2,1-2H3. The van der Waals surface area contributed by atoms with Crippen LogP contribution >= 0.6 is 0 Å². The van der Waals surface area contributed by atoms with E-state index in [1.165, 1.54) is 0 Å². The molecule has 212 valence electrons. The van der Waals surface area contributed by atoms with Gasteiger partial charge in [-0.3, -0.25) is 14.4 Å². The van der Waals surface area contributed by atoms with Crippen molar-refractivity contribution in [1.29, 1.82) is 5.26 Å². The van der Waals surface area contributed by atoms with E-state index in [0.29, 0.717) is 31.4 Å². The predicted octanol–water partition coefficient (Wildman–Crippen LogP) is 3.43. The fourth-order valence-corrected chi connectivity index (χ4v) is 5.78. The van der Waals surface area contributed by atoms with Gasteiger partial charge in [0.05, 0.1) is 36.2 Å². The summed E-state index contributed by atoms with van der Waals surface area (Å²) >= 11 is 0. The lowest BCUT2D eigenvalue weighted by Crippen LogP contribution is -2.48. The van der Waals surface area contributed by atoms with Crippen molar-refractivity contribution in [2.75, 3.05) is 57.5 Å². The largest absolute Gasteiger partial charge is 0.366 e. The summed E-state index contributed by atoms with van der Waals surface area (Å²) < 4.78 is 9.44. The highest BCUT2D eigenvalue weighted by atomic mass is 16.5. The molecule has 0 N–H and O–H groups in total. The molecular formula is C30H35N9O2. The maximum absolute atomic E-state index is 11.7. The number of hydrogen-bond acceptors (Lipinski definition) is 8. The Bertz CT molecular complexity index is 1550. The highest BCUT2D eigenvalue weighted by molar-refractivity contribution is 5.87. The molecule has 0 atom stereocenters. The van der Waals surface area contributed by atoms with Crippen LogP contribution in [0.1, 0.15) is 38.3 Å². The molecule has 2 saturated heterocycles. The van der Waals surface area contributed by atoms with Gasteiger partial charge in [0, 0.05) is 93.6 Å². The highest BCUT2D eigenvalue weighted by Gasteiger charge is 2.23. The van der Waals surface area contributed by atoms with E-state index in [1.807, 2.05) is 42.5 Å². The van der Waals surface area contributed by atoms with Crippen LogP contribution in [0.4, 0.5) is 5.82 Å². The Morgan fingerprint density at radius 2 is 1.80 bits per heavy atom. The van der Waals surface area contributed by atoms with Gasteiger partial charge in [0.2, 0.25) is 5.91 Å². The van der Waals surface area contributed by atoms with E-state index in [-0.39, 0.29) is 5.91 Å². The molecule has 11 heteroatoms. The number of rotatable bonds is 7. The Kier molecular flexibility index (Phi) is 7.67. The topological polar surface area (TPSA) is 108 Å². The number of piperidine rings is 1. The smallest absolute Gasteiger partial charge is 0.219 e. The van der Waals surface area contributed by atoms with Crippen LogP contribution in [-0.4, -0.2) is 92.7 Å². The van der Waals surface area contributed by atoms with Crippen molar-refractivity contribution in [1.82, 2.24) is 34.2 Å². The van der Waals surface area contributed by atoms with E-state index in [4.69, 9.17) is 14.8 Å². The Hall–Kier alpha value is -4.27. The number of amides is 1. The molecule has 0 unspecified atom stereocenters. The number of ether oxygens (including phenoxy) is 1. The quantitative estimate of drug-likeness (QED) is 0.343. The summed E-state index contributed by atoms with van der Waals surface area (Å²) in [6.07, 6.45) is 11.5. The third-order valence-corrected chi connectivity index (χ3v) is 8.18. The first kappa shape index (κ1) is 26.9. The number of carbonyl (C=O) groups is 1. The third kappa shape index (κ3) is 5.53. The van der Waals surface area contributed by atoms with Crippen LogP contribution in [-0.2, 0) is 9.53 Å². The van der Waals surface area contributed by atoms with Gasteiger partial charge < -0.3 is 14.5 Å². The van der Waals surface area contributed by atoms with E-state index in [2.05, 4.69) is 37.9 Å². The maximum atomic E-state index is 11.7. The number of carbonyl (C=O) groups excluding carboxylic acids is 1. The Labute approximate surface area is 239 Å². The van der Waals surface area contributed by atoms with E-state index in [1.54, 1.807) is 17.6 Å². The van der Waals surface area contributed by atoms with E-state index < -0.39 is 0 Å². The van der Waals surface area contributed by atoms with Crippen molar-refractivity contribution in [3.63, 3.8) is 0 Å². The molecule has 11 nitrogen and oxygen atoms in total. The molecule has 4 aromatic heterocycles. The monoisotopic (exact) mass is 553 g/mol. The molecular weight excluding hydrogens is 518 g/mol. The molecule has 4 aromatic rings. The molecule has 0 aliphatic carbocycles. The van der Waals surface area contributed by atoms with E-state index in [9.17, 15) is 10.1 Å². The molecule has 0 spiro atoms. The zero-order valence-electron chi connectivity index (χ0n) is 23.6. The lowest BCUT2D eigenvalue weighted by Gasteiger charge is -2.34. The number of hydrogen-bond donors (Lipinski definition) is 0. The van der Waals surface area contributed by atoms with Gasteiger partial charge in [-0.25, -0.2) is 9.50 Å². The van der Waals surface area contributed by atoms with Gasteiger partial charge >= 0.3 is 0 Å². The van der Waals surface area contributed by atoms with Gasteiger partial charge in [0.25, 0.3) is 0 Å². The van der Waals surface area contributed by atoms with Crippen molar-refractivity contribution in [3.8, 4) is 28.3 Å². The van der Waals surface area contributed by atoms with Crippen molar-refractivity contribution in [2.24, 2.45) is 0 Å². The molecule has 2 fully saturated rings. The van der Waals surface area contributed by atoms with Crippen LogP contribution < -0.4 is 4.90 Å². The maximum Gasteiger partial charge on any atom is 0.219 e. The van der Waals surface area contributed by atoms with Crippen LogP contribution in [0.15, 0.2) is 49.2 Å². The minimum absolute atomic E-state index is 0.111. The Morgan fingerprint density at radius 3 is 2.49 bits per heavy atom. The number of anilines is 1. The average molecular weight is 554 g/mol. The fraction of sp³-hybridized carbons (Fsp3) is 0.433.